The van der Waals surface area contributed by atoms with E-state index in [1.165, 1.54) is 18.2 Å². The lowest BCUT2D eigenvalue weighted by Crippen LogP contribution is -2.54. The summed E-state index contributed by atoms with van der Waals surface area (Å²) in [5.74, 6) is -1.43. The number of benzene rings is 2. The van der Waals surface area contributed by atoms with Gasteiger partial charge in [0, 0.05) is 23.6 Å². The van der Waals surface area contributed by atoms with Crippen LogP contribution in [0.3, 0.4) is 0 Å². The molecule has 1 heterocycles. The smallest absolute Gasteiger partial charge is 0.335 e. The third-order valence-electron chi connectivity index (χ3n) is 3.95. The Kier molecular flexibility index (Phi) is 5.34. The van der Waals surface area contributed by atoms with Crippen LogP contribution in [-0.2, 0) is 9.59 Å². The van der Waals surface area contributed by atoms with Gasteiger partial charge in [0.05, 0.1) is 11.4 Å². The van der Waals surface area contributed by atoms with Crippen molar-refractivity contribution >= 4 is 62.8 Å². The number of barbiturate groups is 1. The van der Waals surface area contributed by atoms with Gasteiger partial charge in [-0.1, -0.05) is 17.7 Å². The fourth-order valence-electron chi connectivity index (χ4n) is 2.62. The van der Waals surface area contributed by atoms with Crippen LogP contribution in [0, 0.1) is 0 Å². The molecule has 2 aromatic rings. The first kappa shape index (κ1) is 19.1. The summed E-state index contributed by atoms with van der Waals surface area (Å²) >= 11 is 9.33. The molecule has 4 amide bonds. The molecule has 3 rings (SSSR count). The summed E-state index contributed by atoms with van der Waals surface area (Å²) in [4.78, 5) is 40.1. The fourth-order valence-corrected chi connectivity index (χ4v) is 3.50. The molecular weight excluding hydrogens is 434 g/mol. The molecule has 0 saturated carbocycles. The second kappa shape index (κ2) is 7.54. The van der Waals surface area contributed by atoms with Gasteiger partial charge in [-0.25, -0.2) is 9.69 Å². The number of hydrogen-bond acceptors (Lipinski definition) is 4. The van der Waals surface area contributed by atoms with Crippen molar-refractivity contribution in [3.8, 4) is 0 Å². The number of halogens is 2. The van der Waals surface area contributed by atoms with Crippen LogP contribution in [0.5, 0.6) is 0 Å². The van der Waals surface area contributed by atoms with Gasteiger partial charge in [0.15, 0.2) is 0 Å². The van der Waals surface area contributed by atoms with E-state index < -0.39 is 17.8 Å². The van der Waals surface area contributed by atoms with Gasteiger partial charge in [0.25, 0.3) is 11.8 Å². The number of rotatable bonds is 3. The maximum Gasteiger partial charge on any atom is 0.335 e. The Labute approximate surface area is 169 Å². The highest BCUT2D eigenvalue weighted by Gasteiger charge is 2.36. The number of hydrogen-bond donors (Lipinski definition) is 1. The van der Waals surface area contributed by atoms with Crippen molar-refractivity contribution in [3.63, 3.8) is 0 Å². The summed E-state index contributed by atoms with van der Waals surface area (Å²) in [5, 5.41) is 2.67. The summed E-state index contributed by atoms with van der Waals surface area (Å²) in [6, 6.07) is 10.9. The van der Waals surface area contributed by atoms with E-state index in [2.05, 4.69) is 21.2 Å². The first-order valence-corrected chi connectivity index (χ1v) is 9.09. The number of amides is 4. The molecule has 0 bridgehead atoms. The Bertz CT molecular complexity index is 971. The van der Waals surface area contributed by atoms with Crippen LogP contribution >= 0.6 is 27.5 Å². The lowest BCUT2D eigenvalue weighted by molar-refractivity contribution is -0.122. The molecule has 27 heavy (non-hydrogen) atoms. The minimum absolute atomic E-state index is 0.131. The van der Waals surface area contributed by atoms with Crippen molar-refractivity contribution in [1.29, 1.82) is 0 Å². The number of urea groups is 1. The maximum atomic E-state index is 12.8. The Morgan fingerprint density at radius 2 is 1.74 bits per heavy atom. The average Bonchev–Trinajstić information content (AvgIpc) is 2.60. The molecule has 6 nitrogen and oxygen atoms in total. The van der Waals surface area contributed by atoms with Crippen molar-refractivity contribution in [2.75, 3.05) is 23.9 Å². The minimum atomic E-state index is -0.798. The predicted octanol–water partition coefficient (Wildman–Crippen LogP) is 3.83. The van der Waals surface area contributed by atoms with E-state index in [1.807, 2.05) is 25.1 Å². The van der Waals surface area contributed by atoms with Crippen molar-refractivity contribution in [3.05, 3.63) is 63.1 Å². The van der Waals surface area contributed by atoms with Crippen molar-refractivity contribution < 1.29 is 14.4 Å². The Morgan fingerprint density at radius 3 is 2.33 bits per heavy atom. The number of nitrogens with one attached hydrogen (secondary N) is 1. The zero-order chi connectivity index (χ0) is 19.7. The van der Waals surface area contributed by atoms with Gasteiger partial charge in [0.1, 0.15) is 5.57 Å². The number of nitrogens with zero attached hydrogens (tertiary/aromatic N) is 2. The van der Waals surface area contributed by atoms with Gasteiger partial charge in [-0.3, -0.25) is 14.9 Å². The number of imide groups is 2. The van der Waals surface area contributed by atoms with Crippen LogP contribution in [0.1, 0.15) is 5.56 Å². The molecular formula is C19H15BrClN3O3. The van der Waals surface area contributed by atoms with Gasteiger partial charge in [0.2, 0.25) is 0 Å². The zero-order valence-corrected chi connectivity index (χ0v) is 16.8. The van der Waals surface area contributed by atoms with Gasteiger partial charge >= 0.3 is 6.03 Å². The van der Waals surface area contributed by atoms with Gasteiger partial charge in [-0.2, -0.15) is 0 Å². The molecule has 1 fully saturated rings. The summed E-state index contributed by atoms with van der Waals surface area (Å²) in [5.41, 5.74) is 1.80. The summed E-state index contributed by atoms with van der Waals surface area (Å²) in [7, 11) is 3.82. The normalized spacial score (nSPS) is 15.9. The van der Waals surface area contributed by atoms with Crippen LogP contribution in [-0.4, -0.2) is 31.9 Å². The lowest BCUT2D eigenvalue weighted by atomic mass is 10.1. The standard InChI is InChI=1S/C19H15BrClN3O3/c1-23(2)16-8-3-11(10-15(16)20)9-14-17(25)22-19(27)24(18(14)26)13-6-4-12(21)5-7-13/h3-10H,1-2H3,(H,22,25,27)/b14-9+. The molecule has 0 unspecified atom stereocenters. The summed E-state index contributed by atoms with van der Waals surface area (Å²) < 4.78 is 0.816. The van der Waals surface area contributed by atoms with E-state index in [1.54, 1.807) is 24.3 Å². The molecule has 0 aromatic heterocycles. The van der Waals surface area contributed by atoms with Crippen molar-refractivity contribution in [2.45, 2.75) is 0 Å². The van der Waals surface area contributed by atoms with Gasteiger partial charge in [-0.05, 0) is 64.0 Å². The van der Waals surface area contributed by atoms with Crippen LogP contribution in [0.15, 0.2) is 52.5 Å². The Balaban J connectivity index is 1.99. The molecule has 1 aliphatic heterocycles. The van der Waals surface area contributed by atoms with E-state index in [4.69, 9.17) is 11.6 Å². The van der Waals surface area contributed by atoms with Gasteiger partial charge < -0.3 is 4.90 Å². The predicted molar refractivity (Wildman–Crippen MR) is 109 cm³/mol. The van der Waals surface area contributed by atoms with Crippen LogP contribution < -0.4 is 15.1 Å². The fraction of sp³-hybridized carbons (Fsp3) is 0.105. The highest BCUT2D eigenvalue weighted by atomic mass is 79.9. The highest BCUT2D eigenvalue weighted by molar-refractivity contribution is 9.10. The molecule has 1 N–H and O–H groups in total. The molecule has 0 radical (unpaired) electrons. The third kappa shape index (κ3) is 3.89. The topological polar surface area (TPSA) is 69.7 Å². The van der Waals surface area contributed by atoms with E-state index in [0.717, 1.165) is 15.1 Å². The molecule has 0 aliphatic carbocycles. The van der Waals surface area contributed by atoms with Crippen molar-refractivity contribution in [1.82, 2.24) is 5.32 Å². The maximum absolute atomic E-state index is 12.8. The van der Waals surface area contributed by atoms with E-state index >= 15 is 0 Å². The summed E-state index contributed by atoms with van der Waals surface area (Å²) in [6.07, 6.45) is 1.46. The number of anilines is 2. The first-order chi connectivity index (χ1) is 12.8. The van der Waals surface area contributed by atoms with Crippen LogP contribution in [0.25, 0.3) is 6.08 Å². The highest BCUT2D eigenvalue weighted by Crippen LogP contribution is 2.28. The average molecular weight is 449 g/mol. The third-order valence-corrected chi connectivity index (χ3v) is 4.84. The van der Waals surface area contributed by atoms with Crippen LogP contribution in [0.4, 0.5) is 16.2 Å². The Morgan fingerprint density at radius 1 is 1.07 bits per heavy atom. The second-order valence-electron chi connectivity index (χ2n) is 6.04. The van der Waals surface area contributed by atoms with E-state index in [0.29, 0.717) is 16.3 Å². The molecule has 0 atom stereocenters. The zero-order valence-electron chi connectivity index (χ0n) is 14.5. The Hall–Kier alpha value is -2.64. The second-order valence-corrected chi connectivity index (χ2v) is 7.33. The first-order valence-electron chi connectivity index (χ1n) is 7.92. The summed E-state index contributed by atoms with van der Waals surface area (Å²) in [6.45, 7) is 0. The van der Waals surface area contributed by atoms with E-state index in [-0.39, 0.29) is 5.57 Å². The number of carbonyl (C=O) groups excluding carboxylic acids is 3. The quantitative estimate of drug-likeness (QED) is 0.572. The molecule has 0 spiro atoms. The monoisotopic (exact) mass is 447 g/mol. The van der Waals surface area contributed by atoms with Crippen molar-refractivity contribution in [2.24, 2.45) is 0 Å². The molecule has 138 valence electrons. The number of carbonyl (C=O) groups is 3. The molecule has 1 aliphatic rings. The lowest BCUT2D eigenvalue weighted by Gasteiger charge is -2.26. The molecule has 2 aromatic carbocycles. The SMILES string of the molecule is CN(C)c1ccc(/C=C2\C(=O)NC(=O)N(c3ccc(Cl)cc3)C2=O)cc1Br. The van der Waals surface area contributed by atoms with Gasteiger partial charge in [-0.15, -0.1) is 0 Å². The van der Waals surface area contributed by atoms with E-state index in [9.17, 15) is 14.4 Å². The van der Waals surface area contributed by atoms with Crippen LogP contribution in [0.2, 0.25) is 5.02 Å². The molecule has 8 heteroatoms. The molecule has 1 saturated heterocycles. The largest absolute Gasteiger partial charge is 0.377 e. The minimum Gasteiger partial charge on any atom is -0.377 e.